The van der Waals surface area contributed by atoms with E-state index in [1.807, 2.05) is 0 Å². The van der Waals surface area contributed by atoms with Crippen LogP contribution in [0, 0.1) is 12.7 Å². The summed E-state index contributed by atoms with van der Waals surface area (Å²) < 4.78 is 12.0. The summed E-state index contributed by atoms with van der Waals surface area (Å²) in [6, 6.07) is 0. The van der Waals surface area contributed by atoms with E-state index in [1.165, 1.54) is 16.7 Å². The summed E-state index contributed by atoms with van der Waals surface area (Å²) in [5.74, 6) is -0.204. The molecular weight excluding hydrogens is 111 g/mol. The second-order valence-electron chi connectivity index (χ2n) is 1.24. The Bertz CT molecular complexity index is 140. The SMILES string of the molecule is [CH2]c1cscc1F. The molecule has 1 rings (SSSR count). The molecule has 0 nitrogen and oxygen atoms in total. The van der Waals surface area contributed by atoms with E-state index in [-0.39, 0.29) is 5.82 Å². The quantitative estimate of drug-likeness (QED) is 0.485. The van der Waals surface area contributed by atoms with Crippen LogP contribution in [0.1, 0.15) is 5.56 Å². The topological polar surface area (TPSA) is 0 Å². The molecule has 1 aromatic rings. The Labute approximate surface area is 45.6 Å². The zero-order chi connectivity index (χ0) is 5.28. The summed E-state index contributed by atoms with van der Waals surface area (Å²) in [5, 5.41) is 3.11. The van der Waals surface area contributed by atoms with Crippen molar-refractivity contribution in [2.24, 2.45) is 0 Å². The van der Waals surface area contributed by atoms with Crippen molar-refractivity contribution in [2.75, 3.05) is 0 Å². The Hall–Kier alpha value is -0.370. The van der Waals surface area contributed by atoms with Gasteiger partial charge in [-0.3, -0.25) is 0 Å². The van der Waals surface area contributed by atoms with Crippen LogP contribution < -0.4 is 0 Å². The fraction of sp³-hybridized carbons (Fsp3) is 0. The van der Waals surface area contributed by atoms with Crippen LogP contribution in [0.25, 0.3) is 0 Å². The molecule has 0 unspecified atom stereocenters. The van der Waals surface area contributed by atoms with E-state index >= 15 is 0 Å². The molecule has 1 aromatic heterocycles. The average molecular weight is 115 g/mol. The van der Waals surface area contributed by atoms with Crippen molar-refractivity contribution >= 4 is 11.3 Å². The number of thiophene rings is 1. The van der Waals surface area contributed by atoms with Crippen molar-refractivity contribution in [1.82, 2.24) is 0 Å². The molecule has 0 saturated carbocycles. The van der Waals surface area contributed by atoms with Crippen LogP contribution in [0.2, 0.25) is 0 Å². The third kappa shape index (κ3) is 0.800. The van der Waals surface area contributed by atoms with Crippen LogP contribution in [-0.2, 0) is 0 Å². The van der Waals surface area contributed by atoms with Crippen molar-refractivity contribution < 1.29 is 4.39 Å². The van der Waals surface area contributed by atoms with E-state index in [9.17, 15) is 4.39 Å². The van der Waals surface area contributed by atoms with E-state index in [4.69, 9.17) is 0 Å². The van der Waals surface area contributed by atoms with Gasteiger partial charge >= 0.3 is 0 Å². The molecule has 0 aliphatic rings. The standard InChI is InChI=1S/C5H4FS/c1-4-2-7-3-5(4)6/h2-3H,1H2. The lowest BCUT2D eigenvalue weighted by Crippen LogP contribution is -1.65. The minimum absolute atomic E-state index is 0.204. The fourth-order valence-corrected chi connectivity index (χ4v) is 0.924. The van der Waals surface area contributed by atoms with Gasteiger partial charge in [-0.15, -0.1) is 11.3 Å². The minimum atomic E-state index is -0.204. The highest BCUT2D eigenvalue weighted by atomic mass is 32.1. The zero-order valence-corrected chi connectivity index (χ0v) is 4.46. The molecule has 0 saturated heterocycles. The number of hydrogen-bond donors (Lipinski definition) is 0. The Balaban J connectivity index is 3.12. The third-order valence-electron chi connectivity index (χ3n) is 0.689. The molecule has 0 aliphatic heterocycles. The molecule has 7 heavy (non-hydrogen) atoms. The largest absolute Gasteiger partial charge is 0.206 e. The van der Waals surface area contributed by atoms with Crippen LogP contribution in [0.4, 0.5) is 4.39 Å². The van der Waals surface area contributed by atoms with Gasteiger partial charge in [0.25, 0.3) is 0 Å². The maximum atomic E-state index is 12.0. The van der Waals surface area contributed by atoms with Gasteiger partial charge in [-0.1, -0.05) is 0 Å². The highest BCUT2D eigenvalue weighted by Gasteiger charge is 1.92. The van der Waals surface area contributed by atoms with E-state index in [0.717, 1.165) is 0 Å². The Morgan fingerprint density at radius 3 is 2.43 bits per heavy atom. The maximum absolute atomic E-state index is 12.0. The maximum Gasteiger partial charge on any atom is 0.137 e. The molecule has 0 amide bonds. The molecule has 0 bridgehead atoms. The molecule has 0 aliphatic carbocycles. The second kappa shape index (κ2) is 1.62. The van der Waals surface area contributed by atoms with Crippen molar-refractivity contribution in [1.29, 1.82) is 0 Å². The number of halogens is 1. The molecule has 0 atom stereocenters. The lowest BCUT2D eigenvalue weighted by molar-refractivity contribution is 0.629. The predicted octanol–water partition coefficient (Wildman–Crippen LogP) is 2.07. The van der Waals surface area contributed by atoms with Crippen molar-refractivity contribution in [3.8, 4) is 0 Å². The summed E-state index contributed by atoms with van der Waals surface area (Å²) in [6.45, 7) is 3.42. The monoisotopic (exact) mass is 115 g/mol. The molecule has 0 spiro atoms. The summed E-state index contributed by atoms with van der Waals surface area (Å²) in [4.78, 5) is 0. The highest BCUT2D eigenvalue weighted by molar-refractivity contribution is 7.08. The molecule has 1 heterocycles. The third-order valence-corrected chi connectivity index (χ3v) is 1.45. The molecule has 2 heteroatoms. The zero-order valence-electron chi connectivity index (χ0n) is 3.65. The Kier molecular flexibility index (Phi) is 1.11. The fourth-order valence-electron chi connectivity index (χ4n) is 0.308. The van der Waals surface area contributed by atoms with E-state index in [2.05, 4.69) is 6.92 Å². The molecular formula is C5H4FS. The summed E-state index contributed by atoms with van der Waals surface area (Å²) in [6.07, 6.45) is 0. The first-order valence-electron chi connectivity index (χ1n) is 1.84. The summed E-state index contributed by atoms with van der Waals surface area (Å²) >= 11 is 1.33. The molecule has 1 radical (unpaired) electrons. The molecule has 0 N–H and O–H groups in total. The minimum Gasteiger partial charge on any atom is -0.206 e. The first kappa shape index (κ1) is 4.78. The van der Waals surface area contributed by atoms with E-state index in [0.29, 0.717) is 5.56 Å². The van der Waals surface area contributed by atoms with Gasteiger partial charge in [-0.25, -0.2) is 4.39 Å². The first-order valence-corrected chi connectivity index (χ1v) is 2.78. The lowest BCUT2D eigenvalue weighted by Gasteiger charge is -1.74. The van der Waals surface area contributed by atoms with Crippen molar-refractivity contribution in [3.05, 3.63) is 29.1 Å². The lowest BCUT2D eigenvalue weighted by atomic mass is 10.4. The molecule has 0 fully saturated rings. The Morgan fingerprint density at radius 2 is 2.29 bits per heavy atom. The van der Waals surface area contributed by atoms with Crippen molar-refractivity contribution in [3.63, 3.8) is 0 Å². The van der Waals surface area contributed by atoms with Gasteiger partial charge in [0.05, 0.1) is 0 Å². The van der Waals surface area contributed by atoms with E-state index < -0.39 is 0 Å². The Morgan fingerprint density at radius 1 is 1.57 bits per heavy atom. The van der Waals surface area contributed by atoms with Gasteiger partial charge in [-0.2, -0.15) is 0 Å². The van der Waals surface area contributed by atoms with Gasteiger partial charge in [0.2, 0.25) is 0 Å². The second-order valence-corrected chi connectivity index (χ2v) is 1.99. The van der Waals surface area contributed by atoms with Gasteiger partial charge in [-0.05, 0) is 17.9 Å². The van der Waals surface area contributed by atoms with Crippen molar-refractivity contribution in [2.45, 2.75) is 0 Å². The van der Waals surface area contributed by atoms with Crippen LogP contribution in [0.3, 0.4) is 0 Å². The highest BCUT2D eigenvalue weighted by Crippen LogP contribution is 2.09. The first-order chi connectivity index (χ1) is 3.30. The van der Waals surface area contributed by atoms with E-state index in [1.54, 1.807) is 5.38 Å². The predicted molar refractivity (Wildman–Crippen MR) is 28.7 cm³/mol. The molecule has 37 valence electrons. The van der Waals surface area contributed by atoms with Gasteiger partial charge in [0.15, 0.2) is 0 Å². The number of hydrogen-bond acceptors (Lipinski definition) is 1. The number of rotatable bonds is 0. The van der Waals surface area contributed by atoms with Crippen LogP contribution in [-0.4, -0.2) is 0 Å². The van der Waals surface area contributed by atoms with Gasteiger partial charge < -0.3 is 0 Å². The van der Waals surface area contributed by atoms with Crippen LogP contribution >= 0.6 is 11.3 Å². The van der Waals surface area contributed by atoms with Crippen LogP contribution in [0.15, 0.2) is 10.8 Å². The summed E-state index contributed by atoms with van der Waals surface area (Å²) in [5.41, 5.74) is 0.491. The summed E-state index contributed by atoms with van der Waals surface area (Å²) in [7, 11) is 0. The van der Waals surface area contributed by atoms with Gasteiger partial charge in [0.1, 0.15) is 5.82 Å². The van der Waals surface area contributed by atoms with Gasteiger partial charge in [0, 0.05) is 5.38 Å². The average Bonchev–Trinajstić information content (AvgIpc) is 1.91. The normalized spacial score (nSPS) is 9.43. The smallest absolute Gasteiger partial charge is 0.137 e. The molecule has 0 aromatic carbocycles. The van der Waals surface area contributed by atoms with Crippen LogP contribution in [0.5, 0.6) is 0 Å².